The molecule has 0 bridgehead atoms. The van der Waals surface area contributed by atoms with Gasteiger partial charge in [-0.25, -0.2) is 0 Å². The highest BCUT2D eigenvalue weighted by Crippen LogP contribution is 2.30. The van der Waals surface area contributed by atoms with Crippen LogP contribution < -0.4 is 10.1 Å². The first-order chi connectivity index (χ1) is 7.81. The normalized spacial score (nSPS) is 20.8. The third-order valence-electron chi connectivity index (χ3n) is 3.16. The topological polar surface area (TPSA) is 21.3 Å². The minimum absolute atomic E-state index is 0.709. The van der Waals surface area contributed by atoms with Gasteiger partial charge in [0, 0.05) is 0 Å². The number of hydrogen-bond acceptors (Lipinski definition) is 2. The zero-order chi connectivity index (χ0) is 11.4. The van der Waals surface area contributed by atoms with Gasteiger partial charge in [-0.2, -0.15) is 0 Å². The first-order valence-electron chi connectivity index (χ1n) is 5.83. The third kappa shape index (κ3) is 2.69. The molecule has 1 N–H and O–H groups in total. The molecule has 1 fully saturated rings. The highest BCUT2D eigenvalue weighted by atomic mass is 35.5. The van der Waals surface area contributed by atoms with Crippen LogP contribution in [0.4, 0.5) is 0 Å². The van der Waals surface area contributed by atoms with Gasteiger partial charge in [0.15, 0.2) is 0 Å². The van der Waals surface area contributed by atoms with Crippen molar-refractivity contribution in [2.45, 2.75) is 19.3 Å². The maximum absolute atomic E-state index is 6.11. The van der Waals surface area contributed by atoms with Crippen LogP contribution in [0.3, 0.4) is 0 Å². The zero-order valence-corrected chi connectivity index (χ0v) is 10.4. The lowest BCUT2D eigenvalue weighted by atomic mass is 9.92. The van der Waals surface area contributed by atoms with E-state index in [1.54, 1.807) is 7.11 Å². The molecule has 0 aromatic heterocycles. The maximum atomic E-state index is 6.11. The standard InChI is InChI=1S/C13H18ClNO/c1-16-13-11(5-2-6-12(13)14)8-10-4-3-7-15-9-10/h2,5-6,10,15H,3-4,7-9H2,1H3. The quantitative estimate of drug-likeness (QED) is 0.876. The van der Waals surface area contributed by atoms with Crippen LogP contribution in [0, 0.1) is 5.92 Å². The molecular weight excluding hydrogens is 222 g/mol. The van der Waals surface area contributed by atoms with E-state index in [9.17, 15) is 0 Å². The van der Waals surface area contributed by atoms with Gasteiger partial charge in [0.25, 0.3) is 0 Å². The van der Waals surface area contributed by atoms with Crippen LogP contribution in [-0.2, 0) is 6.42 Å². The van der Waals surface area contributed by atoms with Gasteiger partial charge in [0.05, 0.1) is 12.1 Å². The van der Waals surface area contributed by atoms with Crippen molar-refractivity contribution in [3.63, 3.8) is 0 Å². The molecule has 16 heavy (non-hydrogen) atoms. The molecule has 0 aliphatic carbocycles. The van der Waals surface area contributed by atoms with Crippen molar-refractivity contribution < 1.29 is 4.74 Å². The predicted molar refractivity (Wildman–Crippen MR) is 67.3 cm³/mol. The molecule has 3 heteroatoms. The number of hydrogen-bond donors (Lipinski definition) is 1. The van der Waals surface area contributed by atoms with Gasteiger partial charge in [-0.05, 0) is 49.9 Å². The van der Waals surface area contributed by atoms with Crippen molar-refractivity contribution in [3.8, 4) is 5.75 Å². The molecule has 0 spiro atoms. The van der Waals surface area contributed by atoms with Crippen molar-refractivity contribution in [2.24, 2.45) is 5.92 Å². The Morgan fingerprint density at radius 2 is 2.38 bits per heavy atom. The fourth-order valence-electron chi connectivity index (χ4n) is 2.35. The van der Waals surface area contributed by atoms with E-state index in [0.717, 1.165) is 25.3 Å². The lowest BCUT2D eigenvalue weighted by Crippen LogP contribution is -2.30. The fraction of sp³-hybridized carbons (Fsp3) is 0.538. The summed E-state index contributed by atoms with van der Waals surface area (Å²) in [6.45, 7) is 2.26. The van der Waals surface area contributed by atoms with Gasteiger partial charge >= 0.3 is 0 Å². The van der Waals surface area contributed by atoms with Crippen molar-refractivity contribution in [3.05, 3.63) is 28.8 Å². The van der Waals surface area contributed by atoms with E-state index >= 15 is 0 Å². The van der Waals surface area contributed by atoms with Gasteiger partial charge < -0.3 is 10.1 Å². The zero-order valence-electron chi connectivity index (χ0n) is 9.63. The number of benzene rings is 1. The summed E-state index contributed by atoms with van der Waals surface area (Å²) in [6.07, 6.45) is 3.62. The lowest BCUT2D eigenvalue weighted by Gasteiger charge is -2.23. The van der Waals surface area contributed by atoms with Crippen LogP contribution in [0.5, 0.6) is 5.75 Å². The molecular formula is C13H18ClNO. The van der Waals surface area contributed by atoms with Crippen molar-refractivity contribution in [1.82, 2.24) is 5.32 Å². The number of para-hydroxylation sites is 1. The molecule has 0 amide bonds. The van der Waals surface area contributed by atoms with Crippen LogP contribution in [0.15, 0.2) is 18.2 Å². The van der Waals surface area contributed by atoms with Crippen LogP contribution in [-0.4, -0.2) is 20.2 Å². The van der Waals surface area contributed by atoms with E-state index < -0.39 is 0 Å². The molecule has 1 aliphatic heterocycles. The molecule has 1 aliphatic rings. The van der Waals surface area contributed by atoms with Crippen molar-refractivity contribution in [1.29, 1.82) is 0 Å². The molecule has 2 nitrogen and oxygen atoms in total. The number of nitrogens with one attached hydrogen (secondary N) is 1. The summed E-state index contributed by atoms with van der Waals surface area (Å²) in [6, 6.07) is 5.98. The first-order valence-corrected chi connectivity index (χ1v) is 6.21. The SMILES string of the molecule is COc1c(Cl)cccc1CC1CCCNC1. The molecule has 1 aromatic rings. The number of halogens is 1. The Labute approximate surface area is 102 Å². The Balaban J connectivity index is 2.10. The highest BCUT2D eigenvalue weighted by molar-refractivity contribution is 6.32. The minimum atomic E-state index is 0.709. The summed E-state index contributed by atoms with van der Waals surface area (Å²) in [7, 11) is 1.68. The van der Waals surface area contributed by atoms with E-state index in [0.29, 0.717) is 10.9 Å². The fourth-order valence-corrected chi connectivity index (χ4v) is 2.62. The molecule has 1 heterocycles. The second-order valence-corrected chi connectivity index (χ2v) is 4.76. The average molecular weight is 240 g/mol. The Morgan fingerprint density at radius 1 is 1.50 bits per heavy atom. The number of rotatable bonds is 3. The summed E-state index contributed by atoms with van der Waals surface area (Å²) in [5, 5.41) is 4.15. The van der Waals surface area contributed by atoms with Crippen molar-refractivity contribution in [2.75, 3.05) is 20.2 Å². The molecule has 1 atom stereocenters. The van der Waals surface area contributed by atoms with Crippen LogP contribution in [0.25, 0.3) is 0 Å². The maximum Gasteiger partial charge on any atom is 0.140 e. The van der Waals surface area contributed by atoms with Gasteiger partial charge in [-0.15, -0.1) is 0 Å². The largest absolute Gasteiger partial charge is 0.495 e. The van der Waals surface area contributed by atoms with Crippen LogP contribution in [0.1, 0.15) is 18.4 Å². The summed E-state index contributed by atoms with van der Waals surface area (Å²) < 4.78 is 5.37. The second kappa shape index (κ2) is 5.55. The number of ether oxygens (including phenoxy) is 1. The summed E-state index contributed by atoms with van der Waals surface area (Å²) in [5.74, 6) is 1.55. The van der Waals surface area contributed by atoms with E-state index in [1.165, 1.54) is 18.4 Å². The van der Waals surface area contributed by atoms with E-state index in [2.05, 4.69) is 11.4 Å². The smallest absolute Gasteiger partial charge is 0.140 e. The van der Waals surface area contributed by atoms with E-state index in [4.69, 9.17) is 16.3 Å². The molecule has 2 rings (SSSR count). The van der Waals surface area contributed by atoms with E-state index in [1.807, 2.05) is 12.1 Å². The molecule has 0 saturated carbocycles. The van der Waals surface area contributed by atoms with E-state index in [-0.39, 0.29) is 0 Å². The van der Waals surface area contributed by atoms with Crippen molar-refractivity contribution >= 4 is 11.6 Å². The van der Waals surface area contributed by atoms with Gasteiger partial charge in [0.1, 0.15) is 5.75 Å². The Kier molecular flexibility index (Phi) is 4.08. The van der Waals surface area contributed by atoms with Crippen LogP contribution in [0.2, 0.25) is 5.02 Å². The monoisotopic (exact) mass is 239 g/mol. The predicted octanol–water partition coefficient (Wildman–Crippen LogP) is 2.89. The Morgan fingerprint density at radius 3 is 3.06 bits per heavy atom. The second-order valence-electron chi connectivity index (χ2n) is 4.35. The molecule has 1 saturated heterocycles. The Hall–Kier alpha value is -0.730. The highest BCUT2D eigenvalue weighted by Gasteiger charge is 2.16. The summed E-state index contributed by atoms with van der Waals surface area (Å²) >= 11 is 6.11. The first kappa shape index (κ1) is 11.7. The summed E-state index contributed by atoms with van der Waals surface area (Å²) in [5.41, 5.74) is 1.23. The van der Waals surface area contributed by atoms with Gasteiger partial charge in [-0.3, -0.25) is 0 Å². The molecule has 1 unspecified atom stereocenters. The third-order valence-corrected chi connectivity index (χ3v) is 3.46. The summed E-state index contributed by atoms with van der Waals surface area (Å²) in [4.78, 5) is 0. The van der Waals surface area contributed by atoms with Gasteiger partial charge in [-0.1, -0.05) is 23.7 Å². The lowest BCUT2D eigenvalue weighted by molar-refractivity contribution is 0.364. The molecule has 0 radical (unpaired) electrons. The molecule has 1 aromatic carbocycles. The number of methoxy groups -OCH3 is 1. The average Bonchev–Trinajstić information content (AvgIpc) is 2.31. The minimum Gasteiger partial charge on any atom is -0.495 e. The Bertz CT molecular complexity index is 348. The van der Waals surface area contributed by atoms with Gasteiger partial charge in [0.2, 0.25) is 0 Å². The van der Waals surface area contributed by atoms with Crippen LogP contribution >= 0.6 is 11.6 Å². The molecule has 88 valence electrons. The number of piperidine rings is 1.